The Labute approximate surface area is 355 Å². The number of carbonyl (C=O) groups excluding carboxylic acids is 2. The van der Waals surface area contributed by atoms with Gasteiger partial charge in [-0.2, -0.15) is 0 Å². The number of cyclic esters (lactones) is 2. The normalized spacial score (nSPS) is 25.7. The number of hydrogen-bond donors (Lipinski definition) is 0. The van der Waals surface area contributed by atoms with Crippen molar-refractivity contribution in [2.75, 3.05) is 0 Å². The molecule has 0 aromatic heterocycles. The van der Waals surface area contributed by atoms with Crippen molar-refractivity contribution in [2.24, 2.45) is 0 Å². The second-order valence-electron chi connectivity index (χ2n) is 18.2. The van der Waals surface area contributed by atoms with Crippen molar-refractivity contribution in [1.82, 2.24) is 0 Å². The molecule has 0 amide bonds. The third kappa shape index (κ3) is 37.2. The summed E-state index contributed by atoms with van der Waals surface area (Å²) in [5.74, 6) is 1.07. The van der Waals surface area contributed by atoms with E-state index in [9.17, 15) is 9.59 Å². The van der Waals surface area contributed by atoms with E-state index in [0.29, 0.717) is 18.9 Å². The molecule has 0 radical (unpaired) electrons. The van der Waals surface area contributed by atoms with Crippen molar-refractivity contribution in [1.29, 1.82) is 0 Å². The van der Waals surface area contributed by atoms with E-state index in [-0.39, 0.29) is 24.1 Å². The molecule has 0 spiro atoms. The second-order valence-corrected chi connectivity index (χ2v) is 18.2. The Morgan fingerprint density at radius 3 is 1.07 bits per heavy atom. The van der Waals surface area contributed by atoms with Gasteiger partial charge in [-0.1, -0.05) is 200 Å². The van der Waals surface area contributed by atoms with Crippen molar-refractivity contribution in [3.05, 3.63) is 12.3 Å². The van der Waals surface area contributed by atoms with Gasteiger partial charge in [0.2, 0.25) is 0 Å². The van der Waals surface area contributed by atoms with Crippen LogP contribution in [0.4, 0.5) is 0 Å². The molecule has 0 aromatic carbocycles. The molecule has 336 valence electrons. The number of esters is 2. The summed E-state index contributed by atoms with van der Waals surface area (Å²) in [5.41, 5.74) is 0. The fourth-order valence-corrected chi connectivity index (χ4v) is 8.63. The predicted octanol–water partition coefficient (Wildman–Crippen LogP) is 17.2. The lowest BCUT2D eigenvalue weighted by Gasteiger charge is -2.17. The van der Waals surface area contributed by atoms with Crippen LogP contribution in [0.15, 0.2) is 12.3 Å². The van der Waals surface area contributed by atoms with Crippen molar-refractivity contribution < 1.29 is 23.8 Å². The highest BCUT2D eigenvalue weighted by Crippen LogP contribution is 2.21. The summed E-state index contributed by atoms with van der Waals surface area (Å²) in [6.45, 7) is 10.5. The summed E-state index contributed by atoms with van der Waals surface area (Å²) < 4.78 is 17.1. The highest BCUT2D eigenvalue weighted by Gasteiger charge is 2.14. The van der Waals surface area contributed by atoms with Crippen LogP contribution >= 0.6 is 0 Å². The van der Waals surface area contributed by atoms with Crippen LogP contribution in [0.2, 0.25) is 0 Å². The lowest BCUT2D eigenvalue weighted by atomic mass is 10.0. The molecule has 3 rings (SSSR count). The Morgan fingerprint density at radius 1 is 0.404 bits per heavy atom. The average Bonchev–Trinajstić information content (AvgIpc) is 3.19. The van der Waals surface area contributed by atoms with Crippen LogP contribution in [0, 0.1) is 0 Å². The molecule has 0 aliphatic carbocycles. The van der Waals surface area contributed by atoms with Crippen LogP contribution in [0.25, 0.3) is 0 Å². The van der Waals surface area contributed by atoms with Gasteiger partial charge in [0.05, 0.1) is 11.9 Å². The van der Waals surface area contributed by atoms with Gasteiger partial charge in [-0.25, -0.2) is 0 Å². The first kappa shape index (κ1) is 53.5. The van der Waals surface area contributed by atoms with Crippen LogP contribution in [-0.2, 0) is 23.8 Å². The topological polar surface area (TPSA) is 61.8 Å². The maximum Gasteiger partial charge on any atom is 0.306 e. The van der Waals surface area contributed by atoms with Gasteiger partial charge in [-0.3, -0.25) is 9.59 Å². The zero-order valence-electron chi connectivity index (χ0n) is 38.7. The fourth-order valence-electron chi connectivity index (χ4n) is 8.63. The van der Waals surface area contributed by atoms with E-state index in [1.807, 2.05) is 0 Å². The first-order valence-electron chi connectivity index (χ1n) is 25.7. The Morgan fingerprint density at radius 2 is 0.702 bits per heavy atom. The molecule has 0 aromatic rings. The number of ether oxygens (including phenoxy) is 3. The molecule has 3 saturated heterocycles. The van der Waals surface area contributed by atoms with Gasteiger partial charge in [0.1, 0.15) is 12.2 Å². The van der Waals surface area contributed by atoms with Gasteiger partial charge in [0.15, 0.2) is 0 Å². The third-order valence-electron chi connectivity index (χ3n) is 12.4. The number of hydrogen-bond acceptors (Lipinski definition) is 5. The molecule has 3 atom stereocenters. The second kappa shape index (κ2) is 41.2. The molecule has 3 aliphatic heterocycles. The van der Waals surface area contributed by atoms with E-state index < -0.39 is 0 Å². The molecular weight excluding hydrogens is 705 g/mol. The largest absolute Gasteiger partial charge is 0.496 e. The smallest absolute Gasteiger partial charge is 0.306 e. The standard InChI is InChI=1S/C18H34O.2C17H32O2/c1-17-15-13-11-9-7-5-3-4-6-8-10-12-14-16-18(2)19-17;1-2-16-14-12-10-8-6-4-3-5-7-9-11-13-15-17(18)19-16;1-2-13-16-14-11-9-7-5-3-4-6-8-10-12-15-17(18)19-16/h18H,1,3-16H2,2H3;2*16H,2-15H2,1H3. The van der Waals surface area contributed by atoms with Gasteiger partial charge in [0.25, 0.3) is 0 Å². The summed E-state index contributed by atoms with van der Waals surface area (Å²) >= 11 is 0. The number of carbonyl (C=O) groups is 2. The van der Waals surface area contributed by atoms with E-state index >= 15 is 0 Å². The van der Waals surface area contributed by atoms with Gasteiger partial charge in [0, 0.05) is 19.3 Å². The quantitative estimate of drug-likeness (QED) is 0.266. The predicted molar refractivity (Wildman–Crippen MR) is 245 cm³/mol. The molecule has 3 aliphatic rings. The van der Waals surface area contributed by atoms with Gasteiger partial charge in [-0.05, 0) is 77.6 Å². The number of allylic oxidation sites excluding steroid dienone is 1. The first-order chi connectivity index (χ1) is 27.9. The summed E-state index contributed by atoms with van der Waals surface area (Å²) in [5, 5.41) is 0. The molecule has 3 fully saturated rings. The first-order valence-corrected chi connectivity index (χ1v) is 25.7. The van der Waals surface area contributed by atoms with Crippen LogP contribution in [-0.4, -0.2) is 30.3 Å². The lowest BCUT2D eigenvalue weighted by molar-refractivity contribution is -0.150. The Balaban J connectivity index is 0.000000427. The van der Waals surface area contributed by atoms with Crippen LogP contribution in [0.3, 0.4) is 0 Å². The maximum atomic E-state index is 11.8. The maximum absolute atomic E-state index is 11.8. The molecule has 3 heterocycles. The van der Waals surface area contributed by atoms with Crippen LogP contribution in [0.5, 0.6) is 0 Å². The van der Waals surface area contributed by atoms with Crippen molar-refractivity contribution in [3.8, 4) is 0 Å². The van der Waals surface area contributed by atoms with Gasteiger partial charge >= 0.3 is 11.9 Å². The summed E-state index contributed by atoms with van der Waals surface area (Å²) in [6, 6.07) is 0. The Bertz CT molecular complexity index is 901. The SMILES string of the molecule is C=C1CCCCCCCCCCCCCCC(C)O1.CCC1CCCCCCCCCCCCCC(=O)O1.CCCC1CCCCCCCCCCCCC(=O)O1. The van der Waals surface area contributed by atoms with E-state index in [1.54, 1.807) is 0 Å². The lowest BCUT2D eigenvalue weighted by Crippen LogP contribution is -2.18. The molecule has 3 unspecified atom stereocenters. The zero-order chi connectivity index (χ0) is 41.3. The van der Waals surface area contributed by atoms with Crippen LogP contribution in [0.1, 0.15) is 290 Å². The Hall–Kier alpha value is -1.52. The summed E-state index contributed by atoms with van der Waals surface area (Å²) in [6.07, 6.45) is 53.3. The van der Waals surface area contributed by atoms with E-state index in [1.165, 1.54) is 205 Å². The molecule has 5 heteroatoms. The summed E-state index contributed by atoms with van der Waals surface area (Å²) in [7, 11) is 0. The monoisotopic (exact) mass is 803 g/mol. The molecule has 0 bridgehead atoms. The minimum Gasteiger partial charge on any atom is -0.496 e. The van der Waals surface area contributed by atoms with E-state index in [2.05, 4.69) is 27.4 Å². The molecule has 57 heavy (non-hydrogen) atoms. The summed E-state index contributed by atoms with van der Waals surface area (Å²) in [4.78, 5) is 23.5. The zero-order valence-corrected chi connectivity index (χ0v) is 38.7. The highest BCUT2D eigenvalue weighted by atomic mass is 16.5. The third-order valence-corrected chi connectivity index (χ3v) is 12.4. The van der Waals surface area contributed by atoms with E-state index in [0.717, 1.165) is 57.1 Å². The molecule has 5 nitrogen and oxygen atoms in total. The molecular formula is C52H98O5. The number of rotatable bonds is 3. The minimum atomic E-state index is 0.0268. The Kier molecular flexibility index (Phi) is 38.7. The van der Waals surface area contributed by atoms with E-state index in [4.69, 9.17) is 14.2 Å². The molecule has 0 N–H and O–H groups in total. The minimum absolute atomic E-state index is 0.0268. The molecule has 0 saturated carbocycles. The van der Waals surface area contributed by atoms with Gasteiger partial charge in [-0.15, -0.1) is 0 Å². The van der Waals surface area contributed by atoms with Crippen molar-refractivity contribution >= 4 is 11.9 Å². The fraction of sp³-hybridized carbons (Fsp3) is 0.923. The highest BCUT2D eigenvalue weighted by molar-refractivity contribution is 5.69. The average molecular weight is 803 g/mol. The van der Waals surface area contributed by atoms with Crippen molar-refractivity contribution in [3.63, 3.8) is 0 Å². The van der Waals surface area contributed by atoms with Crippen LogP contribution < -0.4 is 0 Å². The van der Waals surface area contributed by atoms with Gasteiger partial charge < -0.3 is 14.2 Å². The van der Waals surface area contributed by atoms with Crippen molar-refractivity contribution in [2.45, 2.75) is 309 Å².